The van der Waals surface area contributed by atoms with Gasteiger partial charge in [0, 0.05) is 32.7 Å². The van der Waals surface area contributed by atoms with Crippen LogP contribution in [0.5, 0.6) is 6.01 Å². The van der Waals surface area contributed by atoms with Crippen LogP contribution in [0.25, 0.3) is 0 Å². The summed E-state index contributed by atoms with van der Waals surface area (Å²) in [5.41, 5.74) is 0. The number of ether oxygens (including phenoxy) is 2. The lowest BCUT2D eigenvalue weighted by Gasteiger charge is -2.33. The minimum atomic E-state index is -0.224. The number of carbonyl (C=O) groups is 1. The van der Waals surface area contributed by atoms with Gasteiger partial charge in [0.15, 0.2) is 5.82 Å². The Labute approximate surface area is 151 Å². The zero-order valence-corrected chi connectivity index (χ0v) is 15.3. The number of hydrogen-bond donors (Lipinski definition) is 0. The topological polar surface area (TPSA) is 100 Å². The molecule has 10 heteroatoms. The number of methoxy groups -OCH3 is 1. The van der Waals surface area contributed by atoms with Crippen molar-refractivity contribution >= 4 is 5.91 Å². The largest absolute Gasteiger partial charge is 0.467 e. The molecular formula is C16H23N7O3. The highest BCUT2D eigenvalue weighted by Gasteiger charge is 2.33. The highest BCUT2D eigenvalue weighted by atomic mass is 16.5. The highest BCUT2D eigenvalue weighted by Crippen LogP contribution is 2.31. The molecule has 1 fully saturated rings. The van der Waals surface area contributed by atoms with Crippen LogP contribution < -0.4 is 4.74 Å². The number of fused-ring (bicyclic) bond motifs is 1. The lowest BCUT2D eigenvalue weighted by Crippen LogP contribution is -2.41. The predicted molar refractivity (Wildman–Crippen MR) is 89.8 cm³/mol. The van der Waals surface area contributed by atoms with Crippen LogP contribution in [0.15, 0.2) is 0 Å². The van der Waals surface area contributed by atoms with Crippen molar-refractivity contribution in [1.82, 2.24) is 34.4 Å². The molecule has 0 radical (unpaired) electrons. The van der Waals surface area contributed by atoms with Crippen molar-refractivity contribution in [2.24, 2.45) is 7.05 Å². The Morgan fingerprint density at radius 1 is 1.27 bits per heavy atom. The molecule has 1 saturated heterocycles. The summed E-state index contributed by atoms with van der Waals surface area (Å²) >= 11 is 0. The quantitative estimate of drug-likeness (QED) is 0.786. The summed E-state index contributed by atoms with van der Waals surface area (Å²) in [6.07, 6.45) is 1.93. The second-order valence-corrected chi connectivity index (χ2v) is 6.81. The smallest absolute Gasteiger partial charge is 0.314 e. The number of nitrogens with zero attached hydrogens (tertiary/aromatic N) is 7. The van der Waals surface area contributed by atoms with Gasteiger partial charge in [-0.1, -0.05) is 0 Å². The number of aryl methyl sites for hydroxylation is 1. The third kappa shape index (κ3) is 2.83. The van der Waals surface area contributed by atoms with E-state index < -0.39 is 0 Å². The normalized spacial score (nSPS) is 20.9. The molecular weight excluding hydrogens is 338 g/mol. The van der Waals surface area contributed by atoms with Crippen LogP contribution in [-0.4, -0.2) is 67.2 Å². The van der Waals surface area contributed by atoms with Gasteiger partial charge < -0.3 is 18.9 Å². The van der Waals surface area contributed by atoms with Gasteiger partial charge in [-0.25, -0.2) is 4.68 Å². The molecule has 0 unspecified atom stereocenters. The zero-order chi connectivity index (χ0) is 18.3. The molecule has 0 bridgehead atoms. The molecule has 26 heavy (non-hydrogen) atoms. The van der Waals surface area contributed by atoms with E-state index in [2.05, 4.69) is 31.8 Å². The molecule has 0 saturated carbocycles. The van der Waals surface area contributed by atoms with Gasteiger partial charge in [0.25, 0.3) is 5.91 Å². The lowest BCUT2D eigenvalue weighted by molar-refractivity contribution is 0.0656. The first kappa shape index (κ1) is 17.0. The highest BCUT2D eigenvalue weighted by molar-refractivity contribution is 5.90. The van der Waals surface area contributed by atoms with Crippen LogP contribution in [0.2, 0.25) is 0 Å². The number of hydrogen-bond acceptors (Lipinski definition) is 7. The van der Waals surface area contributed by atoms with Crippen molar-refractivity contribution < 1.29 is 14.3 Å². The molecule has 1 amide bonds. The molecule has 0 aliphatic carbocycles. The van der Waals surface area contributed by atoms with Crippen LogP contribution in [0.3, 0.4) is 0 Å². The van der Waals surface area contributed by atoms with Crippen LogP contribution in [0.1, 0.15) is 54.0 Å². The number of carbonyl (C=O) groups excluding carboxylic acids is 1. The van der Waals surface area contributed by atoms with E-state index in [1.807, 2.05) is 0 Å². The van der Waals surface area contributed by atoms with Gasteiger partial charge in [0.05, 0.1) is 19.7 Å². The van der Waals surface area contributed by atoms with Crippen molar-refractivity contribution in [2.75, 3.05) is 26.9 Å². The predicted octanol–water partition coefficient (Wildman–Crippen LogP) is 0.526. The first-order chi connectivity index (χ1) is 12.6. The van der Waals surface area contributed by atoms with E-state index in [0.29, 0.717) is 25.0 Å². The van der Waals surface area contributed by atoms with Crippen molar-refractivity contribution in [1.29, 1.82) is 0 Å². The SMILES string of the molecule is COc1nc(C(=O)N2Cc3nnc(C4CCOCC4)n3[C@@H](C)C2)nn1C. The monoisotopic (exact) mass is 361 g/mol. The number of rotatable bonds is 3. The summed E-state index contributed by atoms with van der Waals surface area (Å²) in [5, 5.41) is 12.9. The van der Waals surface area contributed by atoms with Crippen LogP contribution in [0, 0.1) is 0 Å². The Morgan fingerprint density at radius 3 is 2.73 bits per heavy atom. The average molecular weight is 361 g/mol. The summed E-state index contributed by atoms with van der Waals surface area (Å²) in [5.74, 6) is 2.10. The maximum Gasteiger partial charge on any atom is 0.314 e. The van der Waals surface area contributed by atoms with E-state index in [0.717, 1.165) is 37.7 Å². The summed E-state index contributed by atoms with van der Waals surface area (Å²) in [6, 6.07) is 0.407. The molecule has 0 aromatic carbocycles. The van der Waals surface area contributed by atoms with Crippen LogP contribution in [-0.2, 0) is 18.3 Å². The lowest BCUT2D eigenvalue weighted by atomic mass is 9.99. The molecule has 2 aliphatic heterocycles. The molecule has 2 aromatic rings. The molecule has 4 heterocycles. The van der Waals surface area contributed by atoms with Gasteiger partial charge in [-0.2, -0.15) is 4.98 Å². The van der Waals surface area contributed by atoms with Crippen LogP contribution >= 0.6 is 0 Å². The van der Waals surface area contributed by atoms with E-state index >= 15 is 0 Å². The Bertz CT molecular complexity index is 809. The summed E-state index contributed by atoms with van der Waals surface area (Å²) < 4.78 is 14.2. The first-order valence-electron chi connectivity index (χ1n) is 8.84. The third-order valence-electron chi connectivity index (χ3n) is 5.02. The molecule has 1 atom stereocenters. The molecule has 0 spiro atoms. The van der Waals surface area contributed by atoms with Gasteiger partial charge in [0.1, 0.15) is 5.82 Å². The van der Waals surface area contributed by atoms with Crippen molar-refractivity contribution in [2.45, 2.75) is 38.3 Å². The maximum absolute atomic E-state index is 12.8. The van der Waals surface area contributed by atoms with Gasteiger partial charge in [-0.05, 0) is 19.8 Å². The summed E-state index contributed by atoms with van der Waals surface area (Å²) in [7, 11) is 3.19. The fourth-order valence-electron chi connectivity index (χ4n) is 3.73. The second kappa shape index (κ2) is 6.67. The molecule has 140 valence electrons. The standard InChI is InChI=1S/C16H23N7O3/c1-10-8-22(15(24)13-17-16(25-3)21(2)20-13)9-12-18-19-14(23(10)12)11-4-6-26-7-5-11/h10-11H,4-9H2,1-3H3/t10-/m0/s1. The zero-order valence-electron chi connectivity index (χ0n) is 15.3. The third-order valence-corrected chi connectivity index (χ3v) is 5.02. The van der Waals surface area contributed by atoms with E-state index in [1.54, 1.807) is 11.9 Å². The maximum atomic E-state index is 12.8. The van der Waals surface area contributed by atoms with E-state index in [-0.39, 0.29) is 17.8 Å². The molecule has 2 aliphatic rings. The number of amides is 1. The fourth-order valence-corrected chi connectivity index (χ4v) is 3.73. The Balaban J connectivity index is 1.56. The van der Waals surface area contributed by atoms with Crippen molar-refractivity contribution in [3.05, 3.63) is 17.5 Å². The molecule has 2 aromatic heterocycles. The second-order valence-electron chi connectivity index (χ2n) is 6.81. The molecule has 4 rings (SSSR count). The van der Waals surface area contributed by atoms with Crippen LogP contribution in [0.4, 0.5) is 0 Å². The average Bonchev–Trinajstić information content (AvgIpc) is 3.25. The first-order valence-corrected chi connectivity index (χ1v) is 8.84. The van der Waals surface area contributed by atoms with Gasteiger partial charge in [0.2, 0.25) is 5.82 Å². The minimum Gasteiger partial charge on any atom is -0.467 e. The van der Waals surface area contributed by atoms with Crippen molar-refractivity contribution in [3.63, 3.8) is 0 Å². The van der Waals surface area contributed by atoms with Gasteiger partial charge >= 0.3 is 6.01 Å². The van der Waals surface area contributed by atoms with E-state index in [4.69, 9.17) is 9.47 Å². The molecule has 0 N–H and O–H groups in total. The van der Waals surface area contributed by atoms with E-state index in [9.17, 15) is 4.79 Å². The Kier molecular flexibility index (Phi) is 4.35. The number of aromatic nitrogens is 6. The van der Waals surface area contributed by atoms with Gasteiger partial charge in [-0.3, -0.25) is 4.79 Å². The molecule has 10 nitrogen and oxygen atoms in total. The minimum absolute atomic E-state index is 0.0983. The van der Waals surface area contributed by atoms with Crippen molar-refractivity contribution in [3.8, 4) is 6.01 Å². The summed E-state index contributed by atoms with van der Waals surface area (Å²) in [6.45, 7) is 4.58. The Morgan fingerprint density at radius 2 is 2.04 bits per heavy atom. The fraction of sp³-hybridized carbons (Fsp3) is 0.688. The van der Waals surface area contributed by atoms with Gasteiger partial charge in [-0.15, -0.1) is 15.3 Å². The Hall–Kier alpha value is -2.49. The van der Waals surface area contributed by atoms with E-state index in [1.165, 1.54) is 11.8 Å². The summed E-state index contributed by atoms with van der Waals surface area (Å²) in [4.78, 5) is 18.7.